The summed E-state index contributed by atoms with van der Waals surface area (Å²) in [5.74, 6) is 0.327. The first-order chi connectivity index (χ1) is 10.2. The smallest absolute Gasteiger partial charge is 0.261 e. The van der Waals surface area contributed by atoms with E-state index in [2.05, 4.69) is 15.6 Å². The molecule has 1 saturated heterocycles. The molecule has 1 aromatic carbocycles. The predicted octanol–water partition coefficient (Wildman–Crippen LogP) is 1.26. The average Bonchev–Trinajstić information content (AvgIpc) is 2.99. The Morgan fingerprint density at radius 1 is 1.33 bits per heavy atom. The molecule has 1 aliphatic heterocycles. The summed E-state index contributed by atoms with van der Waals surface area (Å²) in [6.07, 6.45) is 2.11. The highest BCUT2D eigenvalue weighted by molar-refractivity contribution is 5.97. The van der Waals surface area contributed by atoms with Crippen LogP contribution in [0.4, 0.5) is 0 Å². The van der Waals surface area contributed by atoms with Crippen molar-refractivity contribution in [2.24, 2.45) is 5.92 Å². The summed E-state index contributed by atoms with van der Waals surface area (Å²) in [5, 5.41) is 7.01. The van der Waals surface area contributed by atoms with Gasteiger partial charge in [-0.1, -0.05) is 18.2 Å². The summed E-state index contributed by atoms with van der Waals surface area (Å²) >= 11 is 0. The third-order valence-corrected chi connectivity index (χ3v) is 4.00. The van der Waals surface area contributed by atoms with Crippen LogP contribution < -0.4 is 16.2 Å². The van der Waals surface area contributed by atoms with Gasteiger partial charge in [-0.15, -0.1) is 0 Å². The van der Waals surface area contributed by atoms with Gasteiger partial charge in [0.25, 0.3) is 11.5 Å². The molecule has 2 aromatic rings. The van der Waals surface area contributed by atoms with Gasteiger partial charge in [0.1, 0.15) is 5.56 Å². The number of benzene rings is 1. The normalized spacial score (nSPS) is 18.0. The summed E-state index contributed by atoms with van der Waals surface area (Å²) in [7, 11) is 0. The summed E-state index contributed by atoms with van der Waals surface area (Å²) in [6.45, 7) is 2.69. The maximum atomic E-state index is 12.1. The molecule has 0 aliphatic carbocycles. The molecule has 1 fully saturated rings. The quantitative estimate of drug-likeness (QED) is 0.791. The Morgan fingerprint density at radius 2 is 2.19 bits per heavy atom. The molecule has 5 heteroatoms. The number of hydrogen-bond donors (Lipinski definition) is 3. The van der Waals surface area contributed by atoms with E-state index >= 15 is 0 Å². The molecule has 1 amide bonds. The second-order valence-electron chi connectivity index (χ2n) is 5.50. The number of rotatable bonds is 4. The topological polar surface area (TPSA) is 74.0 Å². The molecule has 5 nitrogen and oxygen atoms in total. The van der Waals surface area contributed by atoms with Crippen molar-refractivity contribution in [2.45, 2.75) is 12.8 Å². The molecule has 1 aromatic heterocycles. The summed E-state index contributed by atoms with van der Waals surface area (Å²) in [6, 6.07) is 9.10. The summed E-state index contributed by atoms with van der Waals surface area (Å²) in [4.78, 5) is 26.8. The molecule has 0 saturated carbocycles. The first kappa shape index (κ1) is 13.8. The number of carbonyl (C=O) groups excluding carboxylic acids is 1. The van der Waals surface area contributed by atoms with E-state index in [1.807, 2.05) is 24.3 Å². The first-order valence-electron chi connectivity index (χ1n) is 7.35. The monoisotopic (exact) mass is 285 g/mol. The van der Waals surface area contributed by atoms with Crippen LogP contribution in [0.5, 0.6) is 0 Å². The molecular formula is C16H19N3O2. The van der Waals surface area contributed by atoms with Gasteiger partial charge in [-0.05, 0) is 49.4 Å². The number of aromatic nitrogens is 1. The highest BCUT2D eigenvalue weighted by Crippen LogP contribution is 2.12. The Morgan fingerprint density at radius 3 is 3.00 bits per heavy atom. The van der Waals surface area contributed by atoms with Crippen LogP contribution in [0.1, 0.15) is 23.2 Å². The predicted molar refractivity (Wildman–Crippen MR) is 82.5 cm³/mol. The number of pyridine rings is 1. The van der Waals surface area contributed by atoms with E-state index in [1.165, 1.54) is 0 Å². The molecule has 0 spiro atoms. The van der Waals surface area contributed by atoms with Crippen LogP contribution in [0.15, 0.2) is 35.1 Å². The van der Waals surface area contributed by atoms with E-state index in [0.29, 0.717) is 12.5 Å². The number of H-pyrrole nitrogens is 1. The van der Waals surface area contributed by atoms with Gasteiger partial charge in [0, 0.05) is 12.1 Å². The van der Waals surface area contributed by atoms with Crippen molar-refractivity contribution in [1.29, 1.82) is 0 Å². The zero-order valence-corrected chi connectivity index (χ0v) is 11.8. The zero-order valence-electron chi connectivity index (χ0n) is 11.8. The van der Waals surface area contributed by atoms with Gasteiger partial charge in [0.05, 0.1) is 0 Å². The van der Waals surface area contributed by atoms with Crippen molar-refractivity contribution in [3.63, 3.8) is 0 Å². The van der Waals surface area contributed by atoms with Crippen molar-refractivity contribution >= 4 is 16.8 Å². The van der Waals surface area contributed by atoms with Gasteiger partial charge in [-0.25, -0.2) is 0 Å². The third-order valence-electron chi connectivity index (χ3n) is 4.00. The minimum absolute atomic E-state index is 0.179. The first-order valence-corrected chi connectivity index (χ1v) is 7.35. The molecule has 1 aliphatic rings. The van der Waals surface area contributed by atoms with E-state index in [4.69, 9.17) is 0 Å². The highest BCUT2D eigenvalue weighted by atomic mass is 16.2. The molecule has 2 heterocycles. The van der Waals surface area contributed by atoms with Crippen molar-refractivity contribution in [3.8, 4) is 0 Å². The van der Waals surface area contributed by atoms with Crippen LogP contribution >= 0.6 is 0 Å². The van der Waals surface area contributed by atoms with Crippen LogP contribution in [0.3, 0.4) is 0 Å². The van der Waals surface area contributed by atoms with Crippen LogP contribution in [0.2, 0.25) is 0 Å². The van der Waals surface area contributed by atoms with E-state index in [0.717, 1.165) is 36.8 Å². The van der Waals surface area contributed by atoms with Crippen LogP contribution in [-0.4, -0.2) is 30.5 Å². The zero-order chi connectivity index (χ0) is 14.7. The Bertz CT molecular complexity index is 702. The van der Waals surface area contributed by atoms with E-state index in [9.17, 15) is 9.59 Å². The molecule has 110 valence electrons. The second kappa shape index (κ2) is 6.10. The number of fused-ring (bicyclic) bond motifs is 1. The lowest BCUT2D eigenvalue weighted by molar-refractivity contribution is 0.0950. The van der Waals surface area contributed by atoms with Gasteiger partial charge in [0.15, 0.2) is 0 Å². The lowest BCUT2D eigenvalue weighted by atomic mass is 10.1. The van der Waals surface area contributed by atoms with Crippen molar-refractivity contribution in [1.82, 2.24) is 15.6 Å². The van der Waals surface area contributed by atoms with E-state index in [-0.39, 0.29) is 17.0 Å². The number of nitrogens with one attached hydrogen (secondary N) is 3. The molecule has 1 unspecified atom stereocenters. The van der Waals surface area contributed by atoms with Gasteiger partial charge in [-0.3, -0.25) is 9.59 Å². The SMILES string of the molecule is O=C(NCCC1CCNC1)c1cc2ccccc2[nH]c1=O. The number of para-hydroxylation sites is 1. The molecule has 0 bridgehead atoms. The largest absolute Gasteiger partial charge is 0.352 e. The Labute approximate surface area is 122 Å². The highest BCUT2D eigenvalue weighted by Gasteiger charge is 2.15. The number of carbonyl (C=O) groups is 1. The maximum absolute atomic E-state index is 12.1. The maximum Gasteiger partial charge on any atom is 0.261 e. The molecule has 3 rings (SSSR count). The number of hydrogen-bond acceptors (Lipinski definition) is 3. The van der Waals surface area contributed by atoms with E-state index in [1.54, 1.807) is 6.07 Å². The van der Waals surface area contributed by atoms with Crippen molar-refractivity contribution < 1.29 is 4.79 Å². The summed E-state index contributed by atoms with van der Waals surface area (Å²) in [5.41, 5.74) is 0.586. The minimum Gasteiger partial charge on any atom is -0.352 e. The Kier molecular flexibility index (Phi) is 4.01. The molecular weight excluding hydrogens is 266 g/mol. The van der Waals surface area contributed by atoms with Crippen LogP contribution in [-0.2, 0) is 0 Å². The van der Waals surface area contributed by atoms with Crippen molar-refractivity contribution in [3.05, 3.63) is 46.2 Å². The summed E-state index contributed by atoms with van der Waals surface area (Å²) < 4.78 is 0. The second-order valence-corrected chi connectivity index (χ2v) is 5.50. The van der Waals surface area contributed by atoms with Gasteiger partial charge in [-0.2, -0.15) is 0 Å². The lowest BCUT2D eigenvalue weighted by Crippen LogP contribution is -2.31. The molecule has 21 heavy (non-hydrogen) atoms. The molecule has 3 N–H and O–H groups in total. The van der Waals surface area contributed by atoms with E-state index < -0.39 is 0 Å². The van der Waals surface area contributed by atoms with Gasteiger partial charge in [0.2, 0.25) is 0 Å². The third kappa shape index (κ3) is 3.13. The fourth-order valence-corrected chi connectivity index (χ4v) is 2.76. The number of aromatic amines is 1. The average molecular weight is 285 g/mol. The Balaban J connectivity index is 1.68. The van der Waals surface area contributed by atoms with Crippen LogP contribution in [0, 0.1) is 5.92 Å². The Hall–Kier alpha value is -2.14. The minimum atomic E-state index is -0.339. The fraction of sp³-hybridized carbons (Fsp3) is 0.375. The van der Waals surface area contributed by atoms with Gasteiger partial charge >= 0.3 is 0 Å². The van der Waals surface area contributed by atoms with Gasteiger partial charge < -0.3 is 15.6 Å². The molecule has 0 radical (unpaired) electrons. The molecule has 1 atom stereocenters. The van der Waals surface area contributed by atoms with Crippen LogP contribution in [0.25, 0.3) is 10.9 Å². The fourth-order valence-electron chi connectivity index (χ4n) is 2.76. The lowest BCUT2D eigenvalue weighted by Gasteiger charge is -2.09. The number of amides is 1. The van der Waals surface area contributed by atoms with Crippen molar-refractivity contribution in [2.75, 3.05) is 19.6 Å². The standard InChI is InChI=1S/C16H19N3O2/c20-15(18-8-6-11-5-7-17-10-11)13-9-12-3-1-2-4-14(12)19-16(13)21/h1-4,9,11,17H,5-8,10H2,(H,18,20)(H,19,21).